The predicted octanol–water partition coefficient (Wildman–Crippen LogP) is 7.28. The number of anilines is 1. The minimum atomic E-state index is -0.0678. The fourth-order valence-corrected chi connectivity index (χ4v) is 4.66. The molecular formula is C26H24N2O2S2. The van der Waals surface area contributed by atoms with Crippen molar-refractivity contribution < 1.29 is 9.53 Å². The van der Waals surface area contributed by atoms with Crippen LogP contribution in [0.4, 0.5) is 5.13 Å². The molecule has 0 saturated carbocycles. The number of benzene rings is 3. The van der Waals surface area contributed by atoms with Crippen molar-refractivity contribution in [3.8, 4) is 22.8 Å². The molecule has 1 amide bonds. The van der Waals surface area contributed by atoms with Crippen LogP contribution in [0.2, 0.25) is 0 Å². The summed E-state index contributed by atoms with van der Waals surface area (Å²) < 4.78 is 5.83. The molecule has 0 aliphatic rings. The topological polar surface area (TPSA) is 51.2 Å². The zero-order valence-corrected chi connectivity index (χ0v) is 19.6. The van der Waals surface area contributed by atoms with E-state index in [4.69, 9.17) is 4.74 Å². The number of nitrogens with one attached hydrogen (secondary N) is 1. The van der Waals surface area contributed by atoms with E-state index >= 15 is 0 Å². The van der Waals surface area contributed by atoms with Crippen LogP contribution in [0, 0.1) is 0 Å². The number of carbonyl (C=O) groups excluding carboxylic acids is 1. The highest BCUT2D eigenvalue weighted by molar-refractivity contribution is 7.99. The number of para-hydroxylation sites is 1. The van der Waals surface area contributed by atoms with Crippen LogP contribution in [-0.4, -0.2) is 16.1 Å². The van der Waals surface area contributed by atoms with Gasteiger partial charge in [0.2, 0.25) is 5.91 Å². The van der Waals surface area contributed by atoms with Gasteiger partial charge < -0.3 is 10.1 Å². The van der Waals surface area contributed by atoms with E-state index in [2.05, 4.69) is 36.3 Å². The molecule has 32 heavy (non-hydrogen) atoms. The van der Waals surface area contributed by atoms with Gasteiger partial charge in [0.1, 0.15) is 11.5 Å². The van der Waals surface area contributed by atoms with Gasteiger partial charge >= 0.3 is 0 Å². The van der Waals surface area contributed by atoms with Gasteiger partial charge in [0.25, 0.3) is 0 Å². The lowest BCUT2D eigenvalue weighted by Gasteiger charge is -2.06. The Kier molecular flexibility index (Phi) is 7.24. The molecule has 0 aliphatic heterocycles. The Labute approximate surface area is 196 Å². The summed E-state index contributed by atoms with van der Waals surface area (Å²) in [6.07, 6.45) is 0.326. The molecule has 1 aromatic heterocycles. The van der Waals surface area contributed by atoms with Gasteiger partial charge in [0.05, 0.1) is 12.1 Å². The Hall–Kier alpha value is -3.09. The van der Waals surface area contributed by atoms with E-state index in [1.54, 1.807) is 0 Å². The van der Waals surface area contributed by atoms with Gasteiger partial charge in [-0.3, -0.25) is 4.79 Å². The third-order valence-corrected chi connectivity index (χ3v) is 6.31. The maximum absolute atomic E-state index is 12.4. The Morgan fingerprint density at radius 1 is 0.969 bits per heavy atom. The van der Waals surface area contributed by atoms with Crippen LogP contribution >= 0.6 is 23.1 Å². The van der Waals surface area contributed by atoms with Crippen LogP contribution in [0.25, 0.3) is 11.3 Å². The van der Waals surface area contributed by atoms with E-state index in [1.807, 2.05) is 83.9 Å². The van der Waals surface area contributed by atoms with Gasteiger partial charge in [0, 0.05) is 21.1 Å². The summed E-state index contributed by atoms with van der Waals surface area (Å²) in [5.74, 6) is 1.50. The van der Waals surface area contributed by atoms with Crippen molar-refractivity contribution in [1.82, 2.24) is 4.98 Å². The normalized spacial score (nSPS) is 10.8. The lowest BCUT2D eigenvalue weighted by Crippen LogP contribution is -2.14. The number of rotatable bonds is 8. The van der Waals surface area contributed by atoms with Gasteiger partial charge in [-0.25, -0.2) is 4.98 Å². The van der Waals surface area contributed by atoms with Gasteiger partial charge in [0.15, 0.2) is 5.13 Å². The lowest BCUT2D eigenvalue weighted by molar-refractivity contribution is -0.115. The third kappa shape index (κ3) is 6.22. The molecule has 0 atom stereocenters. The maximum atomic E-state index is 12.4. The smallest absolute Gasteiger partial charge is 0.230 e. The maximum Gasteiger partial charge on any atom is 0.230 e. The fourth-order valence-electron chi connectivity index (χ4n) is 3.09. The van der Waals surface area contributed by atoms with Crippen LogP contribution in [0.5, 0.6) is 11.5 Å². The molecule has 3 aromatic carbocycles. The van der Waals surface area contributed by atoms with Crippen molar-refractivity contribution in [2.75, 3.05) is 5.32 Å². The molecule has 0 fully saturated rings. The van der Waals surface area contributed by atoms with Gasteiger partial charge in [-0.1, -0.05) is 44.2 Å². The van der Waals surface area contributed by atoms with E-state index < -0.39 is 0 Å². The van der Waals surface area contributed by atoms with Crippen molar-refractivity contribution in [1.29, 1.82) is 0 Å². The summed E-state index contributed by atoms with van der Waals surface area (Å²) in [6, 6.07) is 25.6. The first-order valence-corrected chi connectivity index (χ1v) is 12.2. The molecule has 4 nitrogen and oxygen atoms in total. The summed E-state index contributed by atoms with van der Waals surface area (Å²) in [5.41, 5.74) is 2.79. The second-order valence-corrected chi connectivity index (χ2v) is 10.0. The molecule has 162 valence electrons. The van der Waals surface area contributed by atoms with Crippen molar-refractivity contribution in [2.24, 2.45) is 0 Å². The molecule has 0 saturated heterocycles. The minimum absolute atomic E-state index is 0.0678. The van der Waals surface area contributed by atoms with E-state index in [0.717, 1.165) is 28.3 Å². The number of thiazole rings is 1. The molecule has 0 aliphatic carbocycles. The number of nitrogens with zero attached hydrogens (tertiary/aromatic N) is 1. The van der Waals surface area contributed by atoms with Gasteiger partial charge in [-0.2, -0.15) is 0 Å². The quantitative estimate of drug-likeness (QED) is 0.281. The van der Waals surface area contributed by atoms with E-state index in [1.165, 1.54) is 16.2 Å². The molecule has 0 unspecified atom stereocenters. The second-order valence-electron chi connectivity index (χ2n) is 7.51. The van der Waals surface area contributed by atoms with Crippen molar-refractivity contribution in [3.63, 3.8) is 0 Å². The van der Waals surface area contributed by atoms with E-state index in [-0.39, 0.29) is 5.91 Å². The molecule has 1 N–H and O–H groups in total. The molecule has 6 heteroatoms. The second kappa shape index (κ2) is 10.5. The Morgan fingerprint density at radius 2 is 1.66 bits per heavy atom. The van der Waals surface area contributed by atoms with E-state index in [9.17, 15) is 4.79 Å². The summed E-state index contributed by atoms with van der Waals surface area (Å²) in [6.45, 7) is 4.34. The Bertz CT molecular complexity index is 1150. The first-order chi connectivity index (χ1) is 15.5. The molecule has 4 aromatic rings. The highest BCUT2D eigenvalue weighted by Crippen LogP contribution is 2.28. The first-order valence-electron chi connectivity index (χ1n) is 10.4. The highest BCUT2D eigenvalue weighted by atomic mass is 32.2. The summed E-state index contributed by atoms with van der Waals surface area (Å²) >= 11 is 3.24. The van der Waals surface area contributed by atoms with Crippen LogP contribution in [-0.2, 0) is 11.2 Å². The largest absolute Gasteiger partial charge is 0.457 e. The van der Waals surface area contributed by atoms with Gasteiger partial charge in [-0.15, -0.1) is 23.1 Å². The molecule has 0 radical (unpaired) electrons. The Balaban J connectivity index is 1.33. The SMILES string of the molecule is CC(C)Sc1ccc(CC(=O)Nc2nc(-c3ccc(Oc4ccccc4)cc3)cs2)cc1. The number of aromatic nitrogens is 1. The average molecular weight is 461 g/mol. The van der Waals surface area contributed by atoms with Crippen molar-refractivity contribution in [3.05, 3.63) is 89.8 Å². The molecular weight excluding hydrogens is 436 g/mol. The Morgan fingerprint density at radius 3 is 2.34 bits per heavy atom. The lowest BCUT2D eigenvalue weighted by atomic mass is 10.1. The molecule has 0 spiro atoms. The third-order valence-electron chi connectivity index (χ3n) is 4.54. The van der Waals surface area contributed by atoms with Crippen LogP contribution in [0.1, 0.15) is 19.4 Å². The fraction of sp³-hybridized carbons (Fsp3) is 0.154. The number of ether oxygens (including phenoxy) is 1. The first kappa shape index (κ1) is 22.1. The molecule has 1 heterocycles. The van der Waals surface area contributed by atoms with Crippen LogP contribution in [0.15, 0.2) is 89.1 Å². The van der Waals surface area contributed by atoms with Crippen LogP contribution < -0.4 is 10.1 Å². The highest BCUT2D eigenvalue weighted by Gasteiger charge is 2.10. The zero-order chi connectivity index (χ0) is 22.3. The summed E-state index contributed by atoms with van der Waals surface area (Å²) in [5, 5.41) is 5.99. The number of amides is 1. The number of hydrogen-bond acceptors (Lipinski definition) is 5. The number of thioether (sulfide) groups is 1. The average Bonchev–Trinajstić information content (AvgIpc) is 3.24. The van der Waals surface area contributed by atoms with Crippen LogP contribution in [0.3, 0.4) is 0 Å². The summed E-state index contributed by atoms with van der Waals surface area (Å²) in [4.78, 5) is 18.2. The monoisotopic (exact) mass is 460 g/mol. The number of carbonyl (C=O) groups is 1. The molecule has 0 bridgehead atoms. The standard InChI is InChI=1S/C26H24N2O2S2/c1-18(2)32-23-14-8-19(9-15-23)16-25(29)28-26-27-24(17-31-26)20-10-12-22(13-11-20)30-21-6-4-3-5-7-21/h3-15,17-18H,16H2,1-2H3,(H,27,28,29). The summed E-state index contributed by atoms with van der Waals surface area (Å²) in [7, 11) is 0. The van der Waals surface area contributed by atoms with Crippen molar-refractivity contribution in [2.45, 2.75) is 30.4 Å². The van der Waals surface area contributed by atoms with Gasteiger partial charge in [-0.05, 0) is 54.1 Å². The molecule has 4 rings (SSSR count). The number of hydrogen-bond donors (Lipinski definition) is 1. The minimum Gasteiger partial charge on any atom is -0.457 e. The van der Waals surface area contributed by atoms with Crippen molar-refractivity contribution >= 4 is 34.1 Å². The predicted molar refractivity (Wildman–Crippen MR) is 134 cm³/mol. The zero-order valence-electron chi connectivity index (χ0n) is 17.9. The van der Waals surface area contributed by atoms with E-state index in [0.29, 0.717) is 16.8 Å².